The maximum atomic E-state index is 11.3. The largest absolute Gasteiger partial charge is 0.496 e. The molecule has 0 bridgehead atoms. The molecule has 1 heterocycles. The molecule has 0 spiro atoms. The molecule has 1 aliphatic heterocycles. The summed E-state index contributed by atoms with van der Waals surface area (Å²) in [7, 11) is 1.68. The Morgan fingerprint density at radius 1 is 1.16 bits per heavy atom. The first-order chi connectivity index (χ1) is 12.1. The molecule has 1 aliphatic rings. The Kier molecular flexibility index (Phi) is 5.61. The van der Waals surface area contributed by atoms with Crippen molar-refractivity contribution in [2.24, 2.45) is 5.92 Å². The zero-order valence-corrected chi connectivity index (χ0v) is 14.9. The fourth-order valence-electron chi connectivity index (χ4n) is 3.53. The van der Waals surface area contributed by atoms with E-state index >= 15 is 0 Å². The molecule has 0 saturated carbocycles. The molecule has 1 saturated heterocycles. The third-order valence-corrected chi connectivity index (χ3v) is 5.12. The van der Waals surface area contributed by atoms with Gasteiger partial charge in [0.1, 0.15) is 5.75 Å². The molecule has 5 heteroatoms. The van der Waals surface area contributed by atoms with Crippen LogP contribution in [-0.4, -0.2) is 36.2 Å². The number of carboxylic acids is 1. The minimum Gasteiger partial charge on any atom is -0.496 e. The second kappa shape index (κ2) is 7.89. The van der Waals surface area contributed by atoms with Crippen LogP contribution in [-0.2, 0) is 4.79 Å². The van der Waals surface area contributed by atoms with Crippen molar-refractivity contribution in [3.05, 3.63) is 64.7 Å². The smallest absolute Gasteiger partial charge is 0.306 e. The number of hydrogen-bond donors (Lipinski definition) is 1. The summed E-state index contributed by atoms with van der Waals surface area (Å²) in [5.74, 6) is -0.109. The lowest BCUT2D eigenvalue weighted by Crippen LogP contribution is -2.39. The Morgan fingerprint density at radius 2 is 1.80 bits per heavy atom. The summed E-state index contributed by atoms with van der Waals surface area (Å²) in [5, 5.41) is 9.96. The molecule has 1 atom stereocenters. The molecular weight excluding hydrogens is 338 g/mol. The molecule has 1 N–H and O–H groups in total. The van der Waals surface area contributed by atoms with E-state index in [0.29, 0.717) is 17.9 Å². The van der Waals surface area contributed by atoms with Crippen molar-refractivity contribution in [2.45, 2.75) is 18.9 Å². The molecule has 1 unspecified atom stereocenters. The van der Waals surface area contributed by atoms with Gasteiger partial charge in [-0.2, -0.15) is 0 Å². The summed E-state index contributed by atoms with van der Waals surface area (Å²) in [5.41, 5.74) is 2.21. The molecule has 2 aromatic rings. The summed E-state index contributed by atoms with van der Waals surface area (Å²) in [6.45, 7) is 1.48. The fraction of sp³-hybridized carbons (Fsp3) is 0.350. The first kappa shape index (κ1) is 17.8. The number of carbonyl (C=O) groups is 1. The summed E-state index contributed by atoms with van der Waals surface area (Å²) in [6.07, 6.45) is 1.32. The van der Waals surface area contributed by atoms with Crippen molar-refractivity contribution in [1.82, 2.24) is 4.90 Å². The Morgan fingerprint density at radius 3 is 2.40 bits per heavy atom. The number of ether oxygens (including phenoxy) is 1. The van der Waals surface area contributed by atoms with Crippen molar-refractivity contribution in [3.8, 4) is 5.75 Å². The third kappa shape index (κ3) is 3.97. The van der Waals surface area contributed by atoms with Gasteiger partial charge in [-0.05, 0) is 49.7 Å². The first-order valence-electron chi connectivity index (χ1n) is 8.45. The molecular formula is C20H22ClNO3. The summed E-state index contributed by atoms with van der Waals surface area (Å²) >= 11 is 6.06. The lowest BCUT2D eigenvalue weighted by molar-refractivity contribution is -0.143. The molecule has 2 aromatic carbocycles. The van der Waals surface area contributed by atoms with E-state index in [1.165, 1.54) is 0 Å². The maximum Gasteiger partial charge on any atom is 0.306 e. The van der Waals surface area contributed by atoms with Crippen LogP contribution in [0.15, 0.2) is 48.5 Å². The Labute approximate surface area is 153 Å². The highest BCUT2D eigenvalue weighted by Crippen LogP contribution is 2.37. The van der Waals surface area contributed by atoms with Gasteiger partial charge in [0.2, 0.25) is 0 Å². The van der Waals surface area contributed by atoms with Gasteiger partial charge in [0.05, 0.1) is 19.1 Å². The van der Waals surface area contributed by atoms with Crippen LogP contribution in [0, 0.1) is 5.92 Å². The number of aliphatic carboxylic acids is 1. The van der Waals surface area contributed by atoms with Gasteiger partial charge in [0.25, 0.3) is 0 Å². The standard InChI is InChI=1S/C20H22ClNO3/c1-25-18-5-3-2-4-17(18)19(14-6-8-16(21)9-7-14)22-12-10-15(11-13-22)20(23)24/h2-9,15,19H,10-13H2,1H3,(H,23,24). The van der Waals surface area contributed by atoms with Crippen molar-refractivity contribution < 1.29 is 14.6 Å². The van der Waals surface area contributed by atoms with Gasteiger partial charge >= 0.3 is 5.97 Å². The fourth-order valence-corrected chi connectivity index (χ4v) is 3.66. The van der Waals surface area contributed by atoms with E-state index in [0.717, 1.165) is 30.0 Å². The van der Waals surface area contributed by atoms with Crippen molar-refractivity contribution in [1.29, 1.82) is 0 Å². The van der Waals surface area contributed by atoms with Crippen LogP contribution in [0.4, 0.5) is 0 Å². The van der Waals surface area contributed by atoms with Gasteiger partial charge in [0, 0.05) is 10.6 Å². The topological polar surface area (TPSA) is 49.8 Å². The number of nitrogens with zero attached hydrogens (tertiary/aromatic N) is 1. The average molecular weight is 360 g/mol. The predicted octanol–water partition coefficient (Wildman–Crippen LogP) is 4.23. The molecule has 3 rings (SSSR count). The molecule has 0 aliphatic carbocycles. The number of hydrogen-bond acceptors (Lipinski definition) is 3. The van der Waals surface area contributed by atoms with Gasteiger partial charge in [-0.3, -0.25) is 9.69 Å². The second-order valence-electron chi connectivity index (χ2n) is 6.34. The summed E-state index contributed by atoms with van der Waals surface area (Å²) < 4.78 is 5.57. The quantitative estimate of drug-likeness (QED) is 0.867. The van der Waals surface area contributed by atoms with Crippen molar-refractivity contribution in [3.63, 3.8) is 0 Å². The van der Waals surface area contributed by atoms with Crippen LogP contribution in [0.2, 0.25) is 5.02 Å². The van der Waals surface area contributed by atoms with Gasteiger partial charge in [0.15, 0.2) is 0 Å². The number of rotatable bonds is 5. The Hall–Kier alpha value is -2.04. The van der Waals surface area contributed by atoms with E-state index in [9.17, 15) is 9.90 Å². The summed E-state index contributed by atoms with van der Waals surface area (Å²) in [4.78, 5) is 13.6. The number of benzene rings is 2. The van der Waals surface area contributed by atoms with E-state index in [1.807, 2.05) is 42.5 Å². The zero-order valence-electron chi connectivity index (χ0n) is 14.2. The van der Waals surface area contributed by atoms with Crippen molar-refractivity contribution >= 4 is 17.6 Å². The molecule has 0 radical (unpaired) electrons. The summed E-state index contributed by atoms with van der Waals surface area (Å²) in [6, 6.07) is 15.9. The van der Waals surface area contributed by atoms with Gasteiger partial charge in [-0.15, -0.1) is 0 Å². The van der Waals surface area contributed by atoms with E-state index in [2.05, 4.69) is 11.0 Å². The van der Waals surface area contributed by atoms with E-state index in [4.69, 9.17) is 16.3 Å². The van der Waals surface area contributed by atoms with Crippen LogP contribution in [0.1, 0.15) is 30.0 Å². The third-order valence-electron chi connectivity index (χ3n) is 4.86. The lowest BCUT2D eigenvalue weighted by Gasteiger charge is -2.37. The number of carboxylic acid groups (broad SMARTS) is 1. The molecule has 0 aromatic heterocycles. The minimum absolute atomic E-state index is 0.0168. The van der Waals surface area contributed by atoms with Crippen LogP contribution in [0.5, 0.6) is 5.75 Å². The van der Waals surface area contributed by atoms with Crippen LogP contribution in [0.25, 0.3) is 0 Å². The SMILES string of the molecule is COc1ccccc1C(c1ccc(Cl)cc1)N1CCC(C(=O)O)CC1. The van der Waals surface area contributed by atoms with Gasteiger partial charge < -0.3 is 9.84 Å². The highest BCUT2D eigenvalue weighted by Gasteiger charge is 2.31. The molecule has 1 fully saturated rings. The number of halogens is 1. The number of piperidine rings is 1. The van der Waals surface area contributed by atoms with E-state index in [-0.39, 0.29) is 12.0 Å². The van der Waals surface area contributed by atoms with Crippen LogP contribution >= 0.6 is 11.6 Å². The van der Waals surface area contributed by atoms with Crippen LogP contribution in [0.3, 0.4) is 0 Å². The number of methoxy groups -OCH3 is 1. The van der Waals surface area contributed by atoms with Gasteiger partial charge in [-0.25, -0.2) is 0 Å². The highest BCUT2D eigenvalue weighted by atomic mass is 35.5. The predicted molar refractivity (Wildman–Crippen MR) is 98.2 cm³/mol. The number of likely N-dealkylation sites (tertiary alicyclic amines) is 1. The zero-order chi connectivity index (χ0) is 17.8. The monoisotopic (exact) mass is 359 g/mol. The molecule has 0 amide bonds. The average Bonchev–Trinajstić information content (AvgIpc) is 2.64. The van der Waals surface area contributed by atoms with Crippen molar-refractivity contribution in [2.75, 3.05) is 20.2 Å². The van der Waals surface area contributed by atoms with Crippen LogP contribution < -0.4 is 4.74 Å². The lowest BCUT2D eigenvalue weighted by atomic mass is 9.91. The normalized spacial score (nSPS) is 17.2. The molecule has 4 nitrogen and oxygen atoms in total. The molecule has 25 heavy (non-hydrogen) atoms. The van der Waals surface area contributed by atoms with E-state index < -0.39 is 5.97 Å². The second-order valence-corrected chi connectivity index (χ2v) is 6.78. The number of para-hydroxylation sites is 1. The first-order valence-corrected chi connectivity index (χ1v) is 8.83. The molecule has 132 valence electrons. The van der Waals surface area contributed by atoms with Gasteiger partial charge in [-0.1, -0.05) is 41.9 Å². The maximum absolute atomic E-state index is 11.3. The Bertz CT molecular complexity index is 724. The van der Waals surface area contributed by atoms with E-state index in [1.54, 1.807) is 7.11 Å². The highest BCUT2D eigenvalue weighted by molar-refractivity contribution is 6.30. The minimum atomic E-state index is -0.694. The Balaban J connectivity index is 1.95.